The first-order chi connectivity index (χ1) is 12.1. The third-order valence-electron chi connectivity index (χ3n) is 5.05. The van der Waals surface area contributed by atoms with E-state index in [4.69, 9.17) is 4.74 Å². The van der Waals surface area contributed by atoms with Gasteiger partial charge in [0.2, 0.25) is 5.91 Å². The van der Waals surface area contributed by atoms with Crippen LogP contribution in [0.4, 0.5) is 5.82 Å². The summed E-state index contributed by atoms with van der Waals surface area (Å²) in [6, 6.07) is 3.89. The van der Waals surface area contributed by atoms with Crippen molar-refractivity contribution < 1.29 is 9.53 Å². The van der Waals surface area contributed by atoms with Crippen LogP contribution in [0.15, 0.2) is 18.5 Å². The van der Waals surface area contributed by atoms with Gasteiger partial charge in [-0.3, -0.25) is 4.79 Å². The smallest absolute Gasteiger partial charge is 0.225 e. The predicted molar refractivity (Wildman–Crippen MR) is 92.3 cm³/mol. The Morgan fingerprint density at radius 1 is 1.16 bits per heavy atom. The number of hydrogen-bond acceptors (Lipinski definition) is 6. The molecule has 1 amide bonds. The summed E-state index contributed by atoms with van der Waals surface area (Å²) in [7, 11) is 0. The Hall–Kier alpha value is -2.22. The van der Waals surface area contributed by atoms with Crippen LogP contribution in [0.25, 0.3) is 5.65 Å². The van der Waals surface area contributed by atoms with Crippen molar-refractivity contribution in [2.75, 3.05) is 31.1 Å². The lowest BCUT2D eigenvalue weighted by molar-refractivity contribution is -0.148. The van der Waals surface area contributed by atoms with Gasteiger partial charge in [0.15, 0.2) is 5.65 Å². The van der Waals surface area contributed by atoms with Crippen molar-refractivity contribution in [2.24, 2.45) is 5.92 Å². The Bertz CT molecular complexity index is 744. The van der Waals surface area contributed by atoms with E-state index in [1.54, 1.807) is 10.8 Å². The maximum absolute atomic E-state index is 12.8. The molecule has 0 unspecified atom stereocenters. The molecule has 0 spiro atoms. The number of amides is 1. The molecule has 2 aliphatic heterocycles. The summed E-state index contributed by atoms with van der Waals surface area (Å²) in [4.78, 5) is 17.1. The summed E-state index contributed by atoms with van der Waals surface area (Å²) in [5.74, 6) is 1.29. The van der Waals surface area contributed by atoms with Gasteiger partial charge >= 0.3 is 0 Å². The van der Waals surface area contributed by atoms with Gasteiger partial charge in [0, 0.05) is 32.1 Å². The lowest BCUT2D eigenvalue weighted by Gasteiger charge is -2.39. The summed E-state index contributed by atoms with van der Waals surface area (Å²) < 4.78 is 7.42. The SMILES string of the molecule is C[C@@H]1CN(C(=O)C2CCN(c3ccc4nncn4n3)CC2)C[C@H](C)O1. The Kier molecular flexibility index (Phi) is 4.29. The molecule has 0 N–H and O–H groups in total. The van der Waals surface area contributed by atoms with Crippen LogP contribution in [0.3, 0.4) is 0 Å². The second-order valence-electron chi connectivity index (χ2n) is 7.09. The molecule has 0 aromatic carbocycles. The molecular formula is C17H24N6O2. The number of anilines is 1. The molecule has 4 heterocycles. The normalized spacial score (nSPS) is 25.5. The minimum Gasteiger partial charge on any atom is -0.372 e. The van der Waals surface area contributed by atoms with E-state index in [-0.39, 0.29) is 24.0 Å². The summed E-state index contributed by atoms with van der Waals surface area (Å²) in [6.07, 6.45) is 3.57. The topological polar surface area (TPSA) is 75.9 Å². The molecule has 2 atom stereocenters. The van der Waals surface area contributed by atoms with Crippen LogP contribution in [0.2, 0.25) is 0 Å². The second kappa shape index (κ2) is 6.59. The van der Waals surface area contributed by atoms with Gasteiger partial charge in [-0.05, 0) is 38.8 Å². The maximum atomic E-state index is 12.8. The van der Waals surface area contributed by atoms with E-state index in [1.165, 1.54) is 0 Å². The molecule has 2 aromatic rings. The minimum absolute atomic E-state index is 0.104. The predicted octanol–water partition coefficient (Wildman–Crippen LogP) is 0.977. The van der Waals surface area contributed by atoms with Gasteiger partial charge in [-0.1, -0.05) is 0 Å². The number of morpholine rings is 1. The number of aromatic nitrogens is 4. The number of piperidine rings is 1. The molecule has 2 aliphatic rings. The highest BCUT2D eigenvalue weighted by atomic mass is 16.5. The van der Waals surface area contributed by atoms with Crippen molar-refractivity contribution in [2.45, 2.75) is 38.9 Å². The molecule has 2 aromatic heterocycles. The number of rotatable bonds is 2. The molecule has 0 bridgehead atoms. The van der Waals surface area contributed by atoms with E-state index in [0.29, 0.717) is 13.1 Å². The number of fused-ring (bicyclic) bond motifs is 1. The Balaban J connectivity index is 1.38. The average molecular weight is 344 g/mol. The van der Waals surface area contributed by atoms with Gasteiger partial charge in [-0.25, -0.2) is 0 Å². The van der Waals surface area contributed by atoms with Crippen LogP contribution < -0.4 is 4.90 Å². The fraction of sp³-hybridized carbons (Fsp3) is 0.647. The van der Waals surface area contributed by atoms with E-state index < -0.39 is 0 Å². The number of carbonyl (C=O) groups is 1. The highest BCUT2D eigenvalue weighted by Gasteiger charge is 2.32. The number of hydrogen-bond donors (Lipinski definition) is 0. The summed E-state index contributed by atoms with van der Waals surface area (Å²) in [5, 5.41) is 12.4. The third-order valence-corrected chi connectivity index (χ3v) is 5.05. The van der Waals surface area contributed by atoms with Gasteiger partial charge < -0.3 is 14.5 Å². The van der Waals surface area contributed by atoms with E-state index in [1.807, 2.05) is 30.9 Å². The number of nitrogens with zero attached hydrogens (tertiary/aromatic N) is 6. The van der Waals surface area contributed by atoms with Crippen LogP contribution >= 0.6 is 0 Å². The molecule has 25 heavy (non-hydrogen) atoms. The highest BCUT2D eigenvalue weighted by molar-refractivity contribution is 5.79. The van der Waals surface area contributed by atoms with Crippen molar-refractivity contribution in [3.8, 4) is 0 Å². The van der Waals surface area contributed by atoms with E-state index >= 15 is 0 Å². The molecule has 8 heteroatoms. The van der Waals surface area contributed by atoms with E-state index in [2.05, 4.69) is 20.2 Å². The summed E-state index contributed by atoms with van der Waals surface area (Å²) in [6.45, 7) is 7.15. The van der Waals surface area contributed by atoms with Gasteiger partial charge in [0.25, 0.3) is 0 Å². The number of ether oxygens (including phenoxy) is 1. The van der Waals surface area contributed by atoms with Crippen molar-refractivity contribution in [1.82, 2.24) is 24.7 Å². The Labute approximate surface area is 146 Å². The van der Waals surface area contributed by atoms with Crippen molar-refractivity contribution in [3.63, 3.8) is 0 Å². The fourth-order valence-electron chi connectivity index (χ4n) is 3.86. The number of carbonyl (C=O) groups excluding carboxylic acids is 1. The Morgan fingerprint density at radius 3 is 2.60 bits per heavy atom. The van der Waals surface area contributed by atoms with Crippen LogP contribution in [0, 0.1) is 5.92 Å². The van der Waals surface area contributed by atoms with Crippen LogP contribution in [0.5, 0.6) is 0 Å². The van der Waals surface area contributed by atoms with Gasteiger partial charge in [0.1, 0.15) is 12.1 Å². The molecule has 0 radical (unpaired) electrons. The largest absolute Gasteiger partial charge is 0.372 e. The van der Waals surface area contributed by atoms with E-state index in [0.717, 1.165) is 37.4 Å². The quantitative estimate of drug-likeness (QED) is 0.808. The minimum atomic E-state index is 0.104. The molecule has 0 saturated carbocycles. The van der Waals surface area contributed by atoms with Crippen molar-refractivity contribution in [3.05, 3.63) is 18.5 Å². The maximum Gasteiger partial charge on any atom is 0.225 e. The Morgan fingerprint density at radius 2 is 1.88 bits per heavy atom. The van der Waals surface area contributed by atoms with Crippen LogP contribution in [0.1, 0.15) is 26.7 Å². The fourth-order valence-corrected chi connectivity index (χ4v) is 3.86. The first-order valence-corrected chi connectivity index (χ1v) is 8.96. The summed E-state index contributed by atoms with van der Waals surface area (Å²) >= 11 is 0. The second-order valence-corrected chi connectivity index (χ2v) is 7.09. The zero-order chi connectivity index (χ0) is 17.4. The molecule has 134 valence electrons. The molecule has 2 saturated heterocycles. The summed E-state index contributed by atoms with van der Waals surface area (Å²) in [5.41, 5.74) is 0.740. The third kappa shape index (κ3) is 3.30. The lowest BCUT2D eigenvalue weighted by Crippen LogP contribution is -2.51. The lowest BCUT2D eigenvalue weighted by atomic mass is 9.94. The van der Waals surface area contributed by atoms with Gasteiger partial charge in [0.05, 0.1) is 12.2 Å². The van der Waals surface area contributed by atoms with Gasteiger partial charge in [-0.15, -0.1) is 15.3 Å². The van der Waals surface area contributed by atoms with Crippen molar-refractivity contribution in [1.29, 1.82) is 0 Å². The van der Waals surface area contributed by atoms with Gasteiger partial charge in [-0.2, -0.15) is 4.52 Å². The van der Waals surface area contributed by atoms with Crippen molar-refractivity contribution >= 4 is 17.4 Å². The molecular weight excluding hydrogens is 320 g/mol. The van der Waals surface area contributed by atoms with Crippen LogP contribution in [-0.4, -0.2) is 69.0 Å². The molecule has 8 nitrogen and oxygen atoms in total. The molecule has 0 aliphatic carbocycles. The molecule has 2 fully saturated rings. The zero-order valence-corrected chi connectivity index (χ0v) is 14.7. The first-order valence-electron chi connectivity index (χ1n) is 8.96. The van der Waals surface area contributed by atoms with Crippen LogP contribution in [-0.2, 0) is 9.53 Å². The highest BCUT2D eigenvalue weighted by Crippen LogP contribution is 2.25. The zero-order valence-electron chi connectivity index (χ0n) is 14.7. The average Bonchev–Trinajstić information content (AvgIpc) is 3.08. The van der Waals surface area contributed by atoms with E-state index in [9.17, 15) is 4.79 Å². The molecule has 4 rings (SSSR count). The monoisotopic (exact) mass is 344 g/mol. The standard InChI is InChI=1S/C17H24N6O2/c1-12-9-22(10-13(2)25-12)17(24)14-5-7-21(8-6-14)16-4-3-15-19-18-11-23(15)20-16/h3-4,11-14H,5-10H2,1-2H3/t12-,13+. The first kappa shape index (κ1) is 16.3.